The highest BCUT2D eigenvalue weighted by Crippen LogP contribution is 2.23. The van der Waals surface area contributed by atoms with E-state index in [4.69, 9.17) is 0 Å². The van der Waals surface area contributed by atoms with Gasteiger partial charge >= 0.3 is 0 Å². The average Bonchev–Trinajstić information content (AvgIpc) is 3.21. The second-order valence-corrected chi connectivity index (χ2v) is 7.09. The van der Waals surface area contributed by atoms with Crippen LogP contribution in [-0.2, 0) is 4.79 Å². The lowest BCUT2D eigenvalue weighted by molar-refractivity contribution is -0.127. The molecular formula is C19H22N2O3S. The lowest BCUT2D eigenvalue weighted by Gasteiger charge is -2.35. The van der Waals surface area contributed by atoms with Crippen LogP contribution in [0.1, 0.15) is 40.5 Å². The molecule has 1 aliphatic rings. The molecular weight excluding hydrogens is 336 g/mol. The van der Waals surface area contributed by atoms with Crippen LogP contribution in [0.25, 0.3) is 0 Å². The van der Waals surface area contributed by atoms with Gasteiger partial charge in [0.05, 0.1) is 17.5 Å². The molecule has 5 nitrogen and oxygen atoms in total. The van der Waals surface area contributed by atoms with Gasteiger partial charge in [-0.15, -0.1) is 11.3 Å². The minimum atomic E-state index is -0.485. The zero-order valence-corrected chi connectivity index (χ0v) is 14.7. The Balaban J connectivity index is 1.73. The highest BCUT2D eigenvalue weighted by molar-refractivity contribution is 7.12. The van der Waals surface area contributed by atoms with Gasteiger partial charge in [-0.25, -0.2) is 0 Å². The van der Waals surface area contributed by atoms with Crippen molar-refractivity contribution < 1.29 is 14.7 Å². The Kier molecular flexibility index (Phi) is 5.83. The first-order valence-corrected chi connectivity index (χ1v) is 9.39. The van der Waals surface area contributed by atoms with Crippen molar-refractivity contribution >= 4 is 23.2 Å². The molecule has 1 saturated heterocycles. The van der Waals surface area contributed by atoms with Gasteiger partial charge < -0.3 is 15.3 Å². The summed E-state index contributed by atoms with van der Waals surface area (Å²) in [7, 11) is 0. The molecule has 1 aliphatic heterocycles. The van der Waals surface area contributed by atoms with Crippen molar-refractivity contribution in [2.45, 2.75) is 31.3 Å². The number of hydrogen-bond donors (Lipinski definition) is 2. The molecule has 1 unspecified atom stereocenters. The second-order valence-electron chi connectivity index (χ2n) is 6.14. The SMILES string of the molecule is O=C(N[C@H](CO)c1ccccc1)C1CCCCN1C(=O)c1cccs1. The van der Waals surface area contributed by atoms with Crippen LogP contribution in [0.15, 0.2) is 47.8 Å². The van der Waals surface area contributed by atoms with E-state index in [1.807, 2.05) is 41.8 Å². The Morgan fingerprint density at radius 1 is 1.20 bits per heavy atom. The highest BCUT2D eigenvalue weighted by Gasteiger charge is 2.33. The number of aliphatic hydroxyl groups excluding tert-OH is 1. The van der Waals surface area contributed by atoms with Gasteiger partial charge in [0.2, 0.25) is 5.91 Å². The third kappa shape index (κ3) is 4.08. The number of aliphatic hydroxyl groups is 1. The minimum Gasteiger partial charge on any atom is -0.394 e. The molecule has 6 heteroatoms. The smallest absolute Gasteiger partial charge is 0.264 e. The van der Waals surface area contributed by atoms with E-state index in [0.717, 1.165) is 18.4 Å². The van der Waals surface area contributed by atoms with Crippen LogP contribution in [0, 0.1) is 0 Å². The average molecular weight is 358 g/mol. The quantitative estimate of drug-likeness (QED) is 0.863. The zero-order chi connectivity index (χ0) is 17.6. The number of nitrogens with zero attached hydrogens (tertiary/aromatic N) is 1. The third-order valence-corrected chi connectivity index (χ3v) is 5.36. The molecule has 0 spiro atoms. The summed E-state index contributed by atoms with van der Waals surface area (Å²) < 4.78 is 0. The fourth-order valence-electron chi connectivity index (χ4n) is 3.18. The molecule has 1 fully saturated rings. The second kappa shape index (κ2) is 8.27. The molecule has 0 saturated carbocycles. The Morgan fingerprint density at radius 3 is 2.68 bits per heavy atom. The predicted molar refractivity (Wildman–Crippen MR) is 97.4 cm³/mol. The molecule has 1 aromatic heterocycles. The molecule has 0 bridgehead atoms. The van der Waals surface area contributed by atoms with Crippen LogP contribution in [-0.4, -0.2) is 41.0 Å². The molecule has 132 valence electrons. The summed E-state index contributed by atoms with van der Waals surface area (Å²) in [5.41, 5.74) is 0.852. The summed E-state index contributed by atoms with van der Waals surface area (Å²) in [4.78, 5) is 27.8. The highest BCUT2D eigenvalue weighted by atomic mass is 32.1. The fourth-order valence-corrected chi connectivity index (χ4v) is 3.86. The molecule has 2 N–H and O–H groups in total. The number of nitrogens with one attached hydrogen (secondary N) is 1. The number of likely N-dealkylation sites (tertiary alicyclic amines) is 1. The first kappa shape index (κ1) is 17.6. The molecule has 1 aromatic carbocycles. The number of carbonyl (C=O) groups is 2. The normalized spacial score (nSPS) is 18.6. The number of thiophene rings is 1. The largest absolute Gasteiger partial charge is 0.394 e. The monoisotopic (exact) mass is 358 g/mol. The number of benzene rings is 1. The predicted octanol–water partition coefficient (Wildman–Crippen LogP) is 2.59. The van der Waals surface area contributed by atoms with Gasteiger partial charge in [0.1, 0.15) is 6.04 Å². The van der Waals surface area contributed by atoms with Gasteiger partial charge in [0, 0.05) is 6.54 Å². The standard InChI is InChI=1S/C19H22N2O3S/c22-13-15(14-7-2-1-3-8-14)20-18(23)16-9-4-5-11-21(16)19(24)17-10-6-12-25-17/h1-3,6-8,10,12,15-16,22H,4-5,9,11,13H2,(H,20,23)/t15-,16?/m1/s1. The maximum absolute atomic E-state index is 12.8. The Morgan fingerprint density at radius 2 is 2.00 bits per heavy atom. The van der Waals surface area contributed by atoms with E-state index in [0.29, 0.717) is 17.8 Å². The molecule has 2 heterocycles. The van der Waals surface area contributed by atoms with Gasteiger partial charge in [-0.2, -0.15) is 0 Å². The van der Waals surface area contributed by atoms with E-state index < -0.39 is 12.1 Å². The molecule has 2 amide bonds. The first-order valence-electron chi connectivity index (χ1n) is 8.51. The van der Waals surface area contributed by atoms with Crippen molar-refractivity contribution in [3.63, 3.8) is 0 Å². The summed E-state index contributed by atoms with van der Waals surface area (Å²) in [6.07, 6.45) is 2.47. The van der Waals surface area contributed by atoms with Gasteiger partial charge in [0.25, 0.3) is 5.91 Å². The first-order chi connectivity index (χ1) is 12.2. The Labute approximate surface area is 151 Å². The third-order valence-electron chi connectivity index (χ3n) is 4.50. The van der Waals surface area contributed by atoms with Crippen LogP contribution < -0.4 is 5.32 Å². The van der Waals surface area contributed by atoms with Crippen LogP contribution in [0.5, 0.6) is 0 Å². The van der Waals surface area contributed by atoms with E-state index in [9.17, 15) is 14.7 Å². The maximum Gasteiger partial charge on any atom is 0.264 e. The summed E-state index contributed by atoms with van der Waals surface area (Å²) in [6, 6.07) is 12.1. The van der Waals surface area contributed by atoms with Crippen molar-refractivity contribution in [2.75, 3.05) is 13.2 Å². The van der Waals surface area contributed by atoms with Gasteiger partial charge in [-0.05, 0) is 36.3 Å². The zero-order valence-electron chi connectivity index (χ0n) is 13.9. The van der Waals surface area contributed by atoms with Crippen LogP contribution in [0.3, 0.4) is 0 Å². The van der Waals surface area contributed by atoms with Gasteiger partial charge in [0.15, 0.2) is 0 Å². The number of amides is 2. The van der Waals surface area contributed by atoms with Crippen LogP contribution in [0.4, 0.5) is 0 Å². The summed E-state index contributed by atoms with van der Waals surface area (Å²) in [5.74, 6) is -0.289. The number of rotatable bonds is 5. The van der Waals surface area contributed by atoms with Crippen molar-refractivity contribution in [3.05, 3.63) is 58.3 Å². The minimum absolute atomic E-state index is 0.0879. The number of hydrogen-bond acceptors (Lipinski definition) is 4. The molecule has 0 radical (unpaired) electrons. The lowest BCUT2D eigenvalue weighted by atomic mass is 10.00. The number of piperidine rings is 1. The van der Waals surface area contributed by atoms with Crippen LogP contribution in [0.2, 0.25) is 0 Å². The van der Waals surface area contributed by atoms with E-state index in [-0.39, 0.29) is 18.4 Å². The van der Waals surface area contributed by atoms with Crippen molar-refractivity contribution in [1.29, 1.82) is 0 Å². The topological polar surface area (TPSA) is 69.6 Å². The van der Waals surface area contributed by atoms with E-state index >= 15 is 0 Å². The van der Waals surface area contributed by atoms with Gasteiger partial charge in [-0.1, -0.05) is 36.4 Å². The molecule has 0 aliphatic carbocycles. The summed E-state index contributed by atoms with van der Waals surface area (Å²) in [5, 5.41) is 14.4. The van der Waals surface area contributed by atoms with Gasteiger partial charge in [-0.3, -0.25) is 9.59 Å². The van der Waals surface area contributed by atoms with E-state index in [2.05, 4.69) is 5.32 Å². The fraction of sp³-hybridized carbons (Fsp3) is 0.368. The van der Waals surface area contributed by atoms with Crippen molar-refractivity contribution in [2.24, 2.45) is 0 Å². The molecule has 2 aromatic rings. The summed E-state index contributed by atoms with van der Waals surface area (Å²) in [6.45, 7) is 0.408. The van der Waals surface area contributed by atoms with Crippen molar-refractivity contribution in [3.8, 4) is 0 Å². The lowest BCUT2D eigenvalue weighted by Crippen LogP contribution is -2.52. The Hall–Kier alpha value is -2.18. The molecule has 25 heavy (non-hydrogen) atoms. The van der Waals surface area contributed by atoms with Crippen LogP contribution >= 0.6 is 11.3 Å². The molecule has 3 rings (SSSR count). The Bertz CT molecular complexity index is 703. The van der Waals surface area contributed by atoms with E-state index in [1.165, 1.54) is 11.3 Å². The number of carbonyl (C=O) groups excluding carboxylic acids is 2. The van der Waals surface area contributed by atoms with Crippen molar-refractivity contribution in [1.82, 2.24) is 10.2 Å². The van der Waals surface area contributed by atoms with E-state index in [1.54, 1.807) is 11.0 Å². The summed E-state index contributed by atoms with van der Waals surface area (Å²) >= 11 is 1.39. The molecule has 2 atom stereocenters. The maximum atomic E-state index is 12.8.